The van der Waals surface area contributed by atoms with Crippen molar-refractivity contribution in [1.29, 1.82) is 0 Å². The zero-order chi connectivity index (χ0) is 13.1. The second-order valence-electron chi connectivity index (χ2n) is 4.99. The van der Waals surface area contributed by atoms with Crippen LogP contribution in [0.1, 0.15) is 27.2 Å². The minimum atomic E-state index is -3.20. The Morgan fingerprint density at radius 2 is 2.06 bits per heavy atom. The first-order valence-corrected chi connectivity index (χ1v) is 7.79. The summed E-state index contributed by atoms with van der Waals surface area (Å²) in [5, 5.41) is 0. The van der Waals surface area contributed by atoms with Crippen LogP contribution in [-0.4, -0.2) is 50.3 Å². The molecular formula is C11H25ClN2O3S. The lowest BCUT2D eigenvalue weighted by Crippen LogP contribution is -2.37. The predicted octanol–water partition coefficient (Wildman–Crippen LogP) is 0.832. The van der Waals surface area contributed by atoms with E-state index in [0.29, 0.717) is 19.0 Å². The monoisotopic (exact) mass is 300 g/mol. The van der Waals surface area contributed by atoms with Crippen molar-refractivity contribution in [3.63, 3.8) is 0 Å². The zero-order valence-corrected chi connectivity index (χ0v) is 13.0. The molecule has 1 fully saturated rings. The fraction of sp³-hybridized carbons (Fsp3) is 1.00. The zero-order valence-electron chi connectivity index (χ0n) is 11.3. The molecule has 2 N–H and O–H groups in total. The van der Waals surface area contributed by atoms with Gasteiger partial charge < -0.3 is 10.5 Å². The molecule has 5 nitrogen and oxygen atoms in total. The fourth-order valence-electron chi connectivity index (χ4n) is 2.17. The Bertz CT molecular complexity index is 335. The molecule has 0 aromatic rings. The van der Waals surface area contributed by atoms with Gasteiger partial charge in [0.2, 0.25) is 10.0 Å². The van der Waals surface area contributed by atoms with Crippen LogP contribution >= 0.6 is 12.4 Å². The number of hydrogen-bond acceptors (Lipinski definition) is 4. The summed E-state index contributed by atoms with van der Waals surface area (Å²) in [7, 11) is -3.20. The first-order chi connectivity index (χ1) is 7.86. The van der Waals surface area contributed by atoms with Crippen LogP contribution < -0.4 is 5.73 Å². The molecule has 0 spiro atoms. The fourth-order valence-corrected chi connectivity index (χ4v) is 3.79. The van der Waals surface area contributed by atoms with E-state index < -0.39 is 10.0 Å². The first-order valence-electron chi connectivity index (χ1n) is 6.18. The standard InChI is InChI=1S/C11H24N2O3S.ClH/c1-9(2)16-4-5-17(14,15)13-8-11(7-12)6-10(13)3;/h9-11H,4-8,12H2,1-3H3;1H. The molecule has 0 aromatic heterocycles. The highest BCUT2D eigenvalue weighted by Gasteiger charge is 2.35. The summed E-state index contributed by atoms with van der Waals surface area (Å²) in [6.07, 6.45) is 0.929. The van der Waals surface area contributed by atoms with Gasteiger partial charge in [0.15, 0.2) is 0 Å². The molecule has 0 aliphatic carbocycles. The van der Waals surface area contributed by atoms with Gasteiger partial charge in [-0.05, 0) is 39.7 Å². The second-order valence-corrected chi connectivity index (χ2v) is 7.03. The molecule has 2 atom stereocenters. The number of nitrogens with two attached hydrogens (primary N) is 1. The lowest BCUT2D eigenvalue weighted by atomic mass is 10.1. The van der Waals surface area contributed by atoms with Crippen LogP contribution in [0.2, 0.25) is 0 Å². The van der Waals surface area contributed by atoms with E-state index in [1.54, 1.807) is 4.31 Å². The van der Waals surface area contributed by atoms with Crippen LogP contribution in [0.25, 0.3) is 0 Å². The largest absolute Gasteiger partial charge is 0.378 e. The molecule has 0 amide bonds. The van der Waals surface area contributed by atoms with Crippen LogP contribution in [-0.2, 0) is 14.8 Å². The molecule has 1 aliphatic heterocycles. The van der Waals surface area contributed by atoms with Gasteiger partial charge in [-0.25, -0.2) is 8.42 Å². The Labute approximate surface area is 117 Å². The van der Waals surface area contributed by atoms with E-state index >= 15 is 0 Å². The third-order valence-electron chi connectivity index (χ3n) is 3.09. The van der Waals surface area contributed by atoms with Crippen molar-refractivity contribution in [1.82, 2.24) is 4.31 Å². The molecule has 1 aliphatic rings. The number of nitrogens with zero attached hydrogens (tertiary/aromatic N) is 1. The third-order valence-corrected chi connectivity index (χ3v) is 4.99. The van der Waals surface area contributed by atoms with Gasteiger partial charge in [0.1, 0.15) is 0 Å². The molecule has 1 saturated heterocycles. The van der Waals surface area contributed by atoms with E-state index in [9.17, 15) is 8.42 Å². The van der Waals surface area contributed by atoms with Crippen molar-refractivity contribution in [3.05, 3.63) is 0 Å². The molecule has 110 valence electrons. The summed E-state index contributed by atoms with van der Waals surface area (Å²) in [6, 6.07) is 0.0626. The minimum Gasteiger partial charge on any atom is -0.378 e. The predicted molar refractivity (Wildman–Crippen MR) is 75.5 cm³/mol. The Hall–Kier alpha value is 0.120. The summed E-state index contributed by atoms with van der Waals surface area (Å²) in [5.41, 5.74) is 5.60. The van der Waals surface area contributed by atoms with Crippen molar-refractivity contribution >= 4 is 22.4 Å². The van der Waals surface area contributed by atoms with Gasteiger partial charge >= 0.3 is 0 Å². The topological polar surface area (TPSA) is 72.6 Å². The summed E-state index contributed by atoms with van der Waals surface area (Å²) < 4.78 is 31.1. The van der Waals surface area contributed by atoms with Crippen molar-refractivity contribution in [2.75, 3.05) is 25.4 Å². The van der Waals surface area contributed by atoms with Crippen molar-refractivity contribution in [2.24, 2.45) is 11.7 Å². The number of halogens is 1. The first kappa shape index (κ1) is 18.1. The van der Waals surface area contributed by atoms with Gasteiger partial charge in [-0.1, -0.05) is 0 Å². The second kappa shape index (κ2) is 7.65. The van der Waals surface area contributed by atoms with Gasteiger partial charge in [0, 0.05) is 12.6 Å². The van der Waals surface area contributed by atoms with E-state index in [0.717, 1.165) is 6.42 Å². The lowest BCUT2D eigenvalue weighted by Gasteiger charge is -2.21. The van der Waals surface area contributed by atoms with Crippen LogP contribution in [0, 0.1) is 5.92 Å². The quantitative estimate of drug-likeness (QED) is 0.789. The maximum Gasteiger partial charge on any atom is 0.216 e. The molecule has 0 saturated carbocycles. The summed E-state index contributed by atoms with van der Waals surface area (Å²) in [5.74, 6) is 0.359. The van der Waals surface area contributed by atoms with E-state index in [4.69, 9.17) is 10.5 Å². The van der Waals surface area contributed by atoms with E-state index in [1.165, 1.54) is 0 Å². The molecule has 7 heteroatoms. The highest BCUT2D eigenvalue weighted by atomic mass is 35.5. The number of hydrogen-bond donors (Lipinski definition) is 1. The molecule has 2 unspecified atom stereocenters. The summed E-state index contributed by atoms with van der Waals surface area (Å²) >= 11 is 0. The van der Waals surface area contributed by atoms with Crippen molar-refractivity contribution in [2.45, 2.75) is 39.3 Å². The van der Waals surface area contributed by atoms with Crippen LogP contribution in [0.3, 0.4) is 0 Å². The Balaban J connectivity index is 0.00000289. The Morgan fingerprint density at radius 1 is 1.44 bits per heavy atom. The van der Waals surface area contributed by atoms with Crippen molar-refractivity contribution < 1.29 is 13.2 Å². The van der Waals surface area contributed by atoms with Crippen molar-refractivity contribution in [3.8, 4) is 0 Å². The molecule has 0 radical (unpaired) electrons. The SMILES string of the molecule is CC(C)OCCS(=O)(=O)N1CC(CN)CC1C.Cl. The average Bonchev–Trinajstić information content (AvgIpc) is 2.59. The molecule has 1 rings (SSSR count). The average molecular weight is 301 g/mol. The molecule has 18 heavy (non-hydrogen) atoms. The Morgan fingerprint density at radius 3 is 2.50 bits per heavy atom. The lowest BCUT2D eigenvalue weighted by molar-refractivity contribution is 0.0906. The van der Waals surface area contributed by atoms with Crippen LogP contribution in [0.4, 0.5) is 0 Å². The van der Waals surface area contributed by atoms with Crippen LogP contribution in [0.5, 0.6) is 0 Å². The number of sulfonamides is 1. The van der Waals surface area contributed by atoms with E-state index in [2.05, 4.69) is 0 Å². The van der Waals surface area contributed by atoms with Gasteiger partial charge in [-0.3, -0.25) is 0 Å². The summed E-state index contributed by atoms with van der Waals surface area (Å²) in [4.78, 5) is 0. The summed E-state index contributed by atoms with van der Waals surface area (Å²) in [6.45, 7) is 7.11. The highest BCUT2D eigenvalue weighted by Crippen LogP contribution is 2.25. The molecular weight excluding hydrogens is 276 g/mol. The third kappa shape index (κ3) is 5.01. The van der Waals surface area contributed by atoms with E-state index in [-0.39, 0.29) is 36.9 Å². The molecule has 0 bridgehead atoms. The van der Waals surface area contributed by atoms with Gasteiger partial charge in [-0.15, -0.1) is 12.4 Å². The van der Waals surface area contributed by atoms with Gasteiger partial charge in [0.25, 0.3) is 0 Å². The number of rotatable bonds is 6. The molecule has 1 heterocycles. The Kier molecular flexibility index (Phi) is 7.70. The van der Waals surface area contributed by atoms with Gasteiger partial charge in [-0.2, -0.15) is 4.31 Å². The highest BCUT2D eigenvalue weighted by molar-refractivity contribution is 7.89. The normalized spacial score (nSPS) is 25.4. The van der Waals surface area contributed by atoms with Crippen LogP contribution in [0.15, 0.2) is 0 Å². The maximum absolute atomic E-state index is 12.1. The smallest absolute Gasteiger partial charge is 0.216 e. The van der Waals surface area contributed by atoms with Gasteiger partial charge in [0.05, 0.1) is 18.5 Å². The number of ether oxygens (including phenoxy) is 1. The minimum absolute atomic E-state index is 0. The molecule has 0 aromatic carbocycles. The maximum atomic E-state index is 12.1. The van der Waals surface area contributed by atoms with E-state index in [1.807, 2.05) is 20.8 Å².